The lowest BCUT2D eigenvalue weighted by Gasteiger charge is -2.34. The molecule has 2 aromatic heterocycles. The first kappa shape index (κ1) is 20.5. The molecule has 1 fully saturated rings. The van der Waals surface area contributed by atoms with E-state index in [9.17, 15) is 0 Å². The van der Waals surface area contributed by atoms with E-state index in [0.29, 0.717) is 6.61 Å². The Morgan fingerprint density at radius 1 is 0.969 bits per heavy atom. The fraction of sp³-hybridized carbons (Fsp3) is 0.320. The number of hydrogen-bond donors (Lipinski definition) is 0. The average molecular weight is 430 g/mol. The second-order valence-corrected chi connectivity index (χ2v) is 7.93. The van der Waals surface area contributed by atoms with E-state index < -0.39 is 0 Å². The summed E-state index contributed by atoms with van der Waals surface area (Å²) in [7, 11) is 1.69. The van der Waals surface area contributed by atoms with Crippen LogP contribution >= 0.6 is 0 Å². The van der Waals surface area contributed by atoms with Crippen molar-refractivity contribution in [1.82, 2.24) is 19.9 Å². The summed E-state index contributed by atoms with van der Waals surface area (Å²) >= 11 is 0. The van der Waals surface area contributed by atoms with Crippen LogP contribution in [0.4, 0.5) is 5.95 Å². The summed E-state index contributed by atoms with van der Waals surface area (Å²) in [6, 6.07) is 12.0. The third-order valence-electron chi connectivity index (χ3n) is 6.02. The predicted molar refractivity (Wildman–Crippen MR) is 124 cm³/mol. The number of pyridine rings is 1. The maximum absolute atomic E-state index is 6.07. The van der Waals surface area contributed by atoms with Crippen LogP contribution in [0.15, 0.2) is 61.1 Å². The van der Waals surface area contributed by atoms with Gasteiger partial charge in [-0.3, -0.25) is 9.88 Å². The van der Waals surface area contributed by atoms with E-state index in [4.69, 9.17) is 9.47 Å². The summed E-state index contributed by atoms with van der Waals surface area (Å²) in [5.41, 5.74) is 4.31. The molecule has 7 nitrogen and oxygen atoms in total. The van der Waals surface area contributed by atoms with E-state index in [1.807, 2.05) is 30.5 Å². The molecule has 0 spiro atoms. The molecule has 1 saturated heterocycles. The zero-order valence-corrected chi connectivity index (χ0v) is 18.3. The van der Waals surface area contributed by atoms with E-state index in [1.54, 1.807) is 19.5 Å². The van der Waals surface area contributed by atoms with Crippen molar-refractivity contribution < 1.29 is 9.47 Å². The summed E-state index contributed by atoms with van der Waals surface area (Å²) in [6.07, 6.45) is 8.70. The van der Waals surface area contributed by atoms with Gasteiger partial charge in [-0.25, -0.2) is 9.97 Å². The van der Waals surface area contributed by atoms with Crippen LogP contribution in [0, 0.1) is 0 Å². The van der Waals surface area contributed by atoms with Gasteiger partial charge in [0, 0.05) is 62.4 Å². The number of fused-ring (bicyclic) bond motifs is 2. The first-order chi connectivity index (χ1) is 15.8. The number of hydrogen-bond acceptors (Lipinski definition) is 7. The highest BCUT2D eigenvalue weighted by molar-refractivity contribution is 5.85. The van der Waals surface area contributed by atoms with Crippen molar-refractivity contribution >= 4 is 11.5 Å². The minimum absolute atomic E-state index is 0.469. The van der Waals surface area contributed by atoms with Gasteiger partial charge < -0.3 is 14.4 Å². The molecule has 0 atom stereocenters. The molecule has 0 aliphatic carbocycles. The molecule has 2 aliphatic rings. The minimum Gasteiger partial charge on any atom is -0.497 e. The Hall–Kier alpha value is -3.45. The van der Waals surface area contributed by atoms with Crippen LogP contribution in [0.3, 0.4) is 0 Å². The third kappa shape index (κ3) is 4.29. The maximum atomic E-state index is 6.07. The van der Waals surface area contributed by atoms with Gasteiger partial charge in [0.25, 0.3) is 0 Å². The summed E-state index contributed by atoms with van der Waals surface area (Å²) in [4.78, 5) is 18.1. The fourth-order valence-electron chi connectivity index (χ4n) is 4.30. The van der Waals surface area contributed by atoms with Gasteiger partial charge in [-0.05, 0) is 42.3 Å². The number of anilines is 1. The number of piperazine rings is 1. The second kappa shape index (κ2) is 9.36. The van der Waals surface area contributed by atoms with Gasteiger partial charge in [0.15, 0.2) is 0 Å². The molecular formula is C25H27N5O2. The highest BCUT2D eigenvalue weighted by Crippen LogP contribution is 2.38. The Labute approximate surface area is 188 Å². The monoisotopic (exact) mass is 429 g/mol. The number of benzene rings is 1. The smallest absolute Gasteiger partial charge is 0.225 e. The Bertz CT molecular complexity index is 1090. The summed E-state index contributed by atoms with van der Waals surface area (Å²) < 4.78 is 11.6. The minimum atomic E-state index is 0.469. The molecule has 0 unspecified atom stereocenters. The Kier molecular flexibility index (Phi) is 5.98. The summed E-state index contributed by atoms with van der Waals surface area (Å²) in [6.45, 7) is 5.38. The van der Waals surface area contributed by atoms with Crippen molar-refractivity contribution in [3.63, 3.8) is 0 Å². The van der Waals surface area contributed by atoms with Gasteiger partial charge in [0.05, 0.1) is 12.8 Å². The summed E-state index contributed by atoms with van der Waals surface area (Å²) in [5, 5.41) is 0. The number of rotatable bonds is 5. The van der Waals surface area contributed by atoms with Gasteiger partial charge in [-0.2, -0.15) is 0 Å². The quantitative estimate of drug-likeness (QED) is 0.616. The van der Waals surface area contributed by atoms with Crippen molar-refractivity contribution in [2.45, 2.75) is 13.0 Å². The maximum Gasteiger partial charge on any atom is 0.225 e. The first-order valence-corrected chi connectivity index (χ1v) is 11.0. The first-order valence-electron chi connectivity index (χ1n) is 11.0. The van der Waals surface area contributed by atoms with Crippen LogP contribution < -0.4 is 14.4 Å². The fourth-order valence-corrected chi connectivity index (χ4v) is 4.30. The van der Waals surface area contributed by atoms with E-state index >= 15 is 0 Å². The highest BCUT2D eigenvalue weighted by atomic mass is 16.5. The number of methoxy groups -OCH3 is 1. The molecular weight excluding hydrogens is 402 g/mol. The normalized spacial score (nSPS) is 17.3. The van der Waals surface area contributed by atoms with Crippen LogP contribution in [0.25, 0.3) is 5.57 Å². The van der Waals surface area contributed by atoms with Crippen molar-refractivity contribution in [3.05, 3.63) is 77.9 Å². The largest absolute Gasteiger partial charge is 0.497 e. The molecule has 0 bridgehead atoms. The topological polar surface area (TPSA) is 63.6 Å². The molecule has 0 amide bonds. The van der Waals surface area contributed by atoms with Crippen molar-refractivity contribution in [2.75, 3.05) is 44.7 Å². The van der Waals surface area contributed by atoms with Crippen LogP contribution in [0.1, 0.15) is 23.2 Å². The van der Waals surface area contributed by atoms with E-state index in [1.165, 1.54) is 0 Å². The van der Waals surface area contributed by atoms with Gasteiger partial charge >= 0.3 is 0 Å². The molecule has 0 N–H and O–H groups in total. The van der Waals surface area contributed by atoms with Crippen molar-refractivity contribution in [3.8, 4) is 11.5 Å². The lowest BCUT2D eigenvalue weighted by atomic mass is 9.95. The molecule has 32 heavy (non-hydrogen) atoms. The molecule has 164 valence electrons. The van der Waals surface area contributed by atoms with Crippen molar-refractivity contribution in [2.24, 2.45) is 0 Å². The number of nitrogens with zero attached hydrogens (tertiary/aromatic N) is 5. The standard InChI is InChI=1S/C25H27N5O2/c1-31-19-7-8-24-22(17-19)20(21-5-2-9-26-23(21)18-32-24)6-3-12-29-13-15-30(16-14-29)25-27-10-4-11-28-25/h2,4-11,17H,3,12-16,18H2,1H3. The van der Waals surface area contributed by atoms with Gasteiger partial charge in [0.1, 0.15) is 18.1 Å². The molecule has 7 heteroatoms. The SMILES string of the molecule is COc1ccc2c(c1)C(=CCCN1CCN(c3ncccn3)CC1)c1cccnc1CO2. The molecule has 4 heterocycles. The average Bonchev–Trinajstić information content (AvgIpc) is 3.01. The lowest BCUT2D eigenvalue weighted by molar-refractivity contribution is 0.261. The summed E-state index contributed by atoms with van der Waals surface area (Å²) in [5.74, 6) is 2.51. The van der Waals surface area contributed by atoms with E-state index in [-0.39, 0.29) is 0 Å². The predicted octanol–water partition coefficient (Wildman–Crippen LogP) is 3.42. The van der Waals surface area contributed by atoms with E-state index in [0.717, 1.165) is 79.0 Å². The molecule has 2 aliphatic heterocycles. The Morgan fingerprint density at radius 2 is 1.78 bits per heavy atom. The number of aromatic nitrogens is 3. The number of ether oxygens (including phenoxy) is 2. The molecule has 0 saturated carbocycles. The zero-order chi connectivity index (χ0) is 21.8. The Balaban J connectivity index is 1.32. The molecule has 5 rings (SSSR count). The zero-order valence-electron chi connectivity index (χ0n) is 18.3. The highest BCUT2D eigenvalue weighted by Gasteiger charge is 2.21. The molecule has 3 aromatic rings. The van der Waals surface area contributed by atoms with Crippen molar-refractivity contribution in [1.29, 1.82) is 0 Å². The third-order valence-corrected chi connectivity index (χ3v) is 6.02. The van der Waals surface area contributed by atoms with E-state index in [2.05, 4.69) is 43.0 Å². The van der Waals surface area contributed by atoms with Crippen LogP contribution in [0.5, 0.6) is 11.5 Å². The van der Waals surface area contributed by atoms with Gasteiger partial charge in [-0.1, -0.05) is 12.1 Å². The molecule has 1 aromatic carbocycles. The lowest BCUT2D eigenvalue weighted by Crippen LogP contribution is -2.47. The second-order valence-electron chi connectivity index (χ2n) is 7.93. The van der Waals surface area contributed by atoms with Gasteiger partial charge in [-0.15, -0.1) is 0 Å². The molecule has 0 radical (unpaired) electrons. The van der Waals surface area contributed by atoms with Crippen LogP contribution in [0.2, 0.25) is 0 Å². The van der Waals surface area contributed by atoms with Crippen LogP contribution in [-0.2, 0) is 6.61 Å². The van der Waals surface area contributed by atoms with Crippen LogP contribution in [-0.4, -0.2) is 59.7 Å². The Morgan fingerprint density at radius 3 is 2.59 bits per heavy atom. The van der Waals surface area contributed by atoms with Gasteiger partial charge in [0.2, 0.25) is 5.95 Å².